The number of anilines is 6. The van der Waals surface area contributed by atoms with Gasteiger partial charge >= 0.3 is 0 Å². The number of hydrogen-bond donors (Lipinski definition) is 3. The Balaban J connectivity index is 0.000000142. The van der Waals surface area contributed by atoms with Gasteiger partial charge in [0.15, 0.2) is 22.3 Å². The van der Waals surface area contributed by atoms with E-state index in [1.54, 1.807) is 105 Å². The first-order valence-corrected chi connectivity index (χ1v) is 33.8. The molecule has 24 nitrogen and oxygen atoms in total. The van der Waals surface area contributed by atoms with E-state index in [9.17, 15) is 4.79 Å². The van der Waals surface area contributed by atoms with E-state index in [2.05, 4.69) is 115 Å². The quantitative estimate of drug-likeness (QED) is 0.0809. The molecule has 0 saturated heterocycles. The third-order valence-corrected chi connectivity index (χ3v) is 17.4. The third-order valence-electron chi connectivity index (χ3n) is 17.4. The second-order valence-corrected chi connectivity index (χ2v) is 25.6. The Kier molecular flexibility index (Phi) is 20.4. The number of fused-ring (bicyclic) bond motifs is 3. The number of aromatic nitrogens is 13. The number of amides is 1. The van der Waals surface area contributed by atoms with Gasteiger partial charge in [0.25, 0.3) is 17.7 Å². The van der Waals surface area contributed by atoms with E-state index in [4.69, 9.17) is 35.0 Å². The highest BCUT2D eigenvalue weighted by Gasteiger charge is 2.22. The molecule has 7 aromatic carbocycles. The number of hydrogen-bond acceptors (Lipinski definition) is 20. The van der Waals surface area contributed by atoms with Crippen LogP contribution in [-0.2, 0) is 21.1 Å². The van der Waals surface area contributed by atoms with Crippen molar-refractivity contribution in [3.8, 4) is 86.5 Å². The second-order valence-electron chi connectivity index (χ2n) is 25.6. The van der Waals surface area contributed by atoms with E-state index in [0.717, 1.165) is 112 Å². The first kappa shape index (κ1) is 70.7. The highest BCUT2D eigenvalue weighted by molar-refractivity contribution is 5.94. The normalized spacial score (nSPS) is 10.8. The van der Waals surface area contributed by atoms with Gasteiger partial charge in [0.2, 0.25) is 23.7 Å². The van der Waals surface area contributed by atoms with E-state index >= 15 is 0 Å². The van der Waals surface area contributed by atoms with Gasteiger partial charge in [-0.3, -0.25) is 14.8 Å². The number of nitrogens with zero attached hydrogens (tertiary/aromatic N) is 17. The summed E-state index contributed by atoms with van der Waals surface area (Å²) in [5, 5.41) is 36.7. The molecule has 15 aromatic rings. The molecule has 0 bridgehead atoms. The summed E-state index contributed by atoms with van der Waals surface area (Å²) in [7, 11) is 9.17. The Morgan fingerprint density at radius 2 is 0.794 bits per heavy atom. The molecule has 0 atom stereocenters. The summed E-state index contributed by atoms with van der Waals surface area (Å²) in [5.41, 5.74) is 20.9. The van der Waals surface area contributed by atoms with Gasteiger partial charge in [0.1, 0.15) is 22.8 Å². The van der Waals surface area contributed by atoms with Crippen LogP contribution in [0.25, 0.3) is 66.7 Å². The van der Waals surface area contributed by atoms with Gasteiger partial charge in [-0.15, -0.1) is 0 Å². The van der Waals surface area contributed by atoms with Crippen LogP contribution in [0.5, 0.6) is 34.9 Å². The minimum atomic E-state index is -0.0254. The fourth-order valence-electron chi connectivity index (χ4n) is 12.1. The predicted molar refractivity (Wildman–Crippen MR) is 412 cm³/mol. The monoisotopic (exact) mass is 1410 g/mol. The van der Waals surface area contributed by atoms with Crippen molar-refractivity contribution in [2.75, 3.05) is 30.0 Å². The number of pyridine rings is 2. The summed E-state index contributed by atoms with van der Waals surface area (Å²) < 4.78 is 24.8. The lowest BCUT2D eigenvalue weighted by Gasteiger charge is -2.16. The number of carbonyl (C=O) groups excluding carboxylic acids is 1. The van der Waals surface area contributed by atoms with Gasteiger partial charge in [-0.2, -0.15) is 40.7 Å². The zero-order chi connectivity index (χ0) is 75.0. The van der Waals surface area contributed by atoms with Gasteiger partial charge in [-0.25, -0.2) is 15.0 Å². The molecule has 15 rings (SSSR count). The Hall–Kier alpha value is -14.7. The summed E-state index contributed by atoms with van der Waals surface area (Å²) in [4.78, 5) is 58.6. The van der Waals surface area contributed by atoms with E-state index in [1.165, 1.54) is 0 Å². The van der Waals surface area contributed by atoms with Gasteiger partial charge in [0, 0.05) is 88.8 Å². The van der Waals surface area contributed by atoms with E-state index in [0.29, 0.717) is 80.1 Å². The summed E-state index contributed by atoms with van der Waals surface area (Å²) >= 11 is 0. The Morgan fingerprint density at radius 1 is 0.411 bits per heavy atom. The van der Waals surface area contributed by atoms with Gasteiger partial charge in [-0.05, 0) is 260 Å². The van der Waals surface area contributed by atoms with Crippen LogP contribution in [-0.4, -0.2) is 88.4 Å². The van der Waals surface area contributed by atoms with Crippen LogP contribution in [0.1, 0.15) is 60.4 Å². The molecular formula is C83H70N20O4. The lowest BCUT2D eigenvalue weighted by molar-refractivity contribution is 0.0827. The van der Waals surface area contributed by atoms with Crippen LogP contribution in [0.3, 0.4) is 0 Å². The Bertz CT molecular complexity index is 5890. The Labute approximate surface area is 616 Å². The molecule has 3 N–H and O–H groups in total. The minimum absolute atomic E-state index is 0.0254. The maximum atomic E-state index is 12.2. The van der Waals surface area contributed by atoms with Crippen LogP contribution in [0.2, 0.25) is 0 Å². The number of benzene rings is 7. The standard InChI is InChI=1S/C31H28N6O2.2C26H21N7O/c1-19-16-24(22-8-10-23(11-9-22)30(38)36(3)4)17-20(2)28(19)39-29-27-26(14-15-37(27)5)34-31(35-29)33-25-12-6-21(18-32)7-13-25;1-16-12-20(19-8-10-28-11-9-19)13-17(2)23(16)34-25-22-24(29-15-33(22)3)31-26(32-25)30-21-6-4-18(14-27)5-7-21;1-16-12-20(19-8-10-28-11-9-19)13-17(2)23(16)34-25-22-24(33(3)15-29-22)31-26(32-25)30-21-6-4-18(14-27)5-7-21/h6-17H,1-5H3,(H,33,34,35);2*4-13,15H,1-3H3,(H,30,31,32). The van der Waals surface area contributed by atoms with E-state index in [1.807, 2.05) is 161 Å². The third kappa shape index (κ3) is 15.9. The topological polar surface area (TPSA) is 299 Å². The summed E-state index contributed by atoms with van der Waals surface area (Å²) in [6.07, 6.45) is 12.4. The molecule has 8 heterocycles. The molecule has 0 aliphatic rings. The van der Waals surface area contributed by atoms with Crippen molar-refractivity contribution in [2.24, 2.45) is 21.1 Å². The van der Waals surface area contributed by atoms with Crippen LogP contribution in [0.4, 0.5) is 34.9 Å². The zero-order valence-electron chi connectivity index (χ0n) is 60.4. The highest BCUT2D eigenvalue weighted by atomic mass is 16.5. The van der Waals surface area contributed by atoms with Crippen LogP contribution in [0.15, 0.2) is 207 Å². The summed E-state index contributed by atoms with van der Waals surface area (Å²) in [6, 6.07) is 57.6. The fourth-order valence-corrected chi connectivity index (χ4v) is 12.1. The minimum Gasteiger partial charge on any atom is -0.436 e. The van der Waals surface area contributed by atoms with E-state index in [-0.39, 0.29) is 5.91 Å². The molecule has 526 valence electrons. The number of imidazole rings is 2. The molecule has 24 heteroatoms. The first-order chi connectivity index (χ1) is 51.8. The number of nitriles is 3. The van der Waals surface area contributed by atoms with Crippen molar-refractivity contribution in [3.05, 3.63) is 263 Å². The van der Waals surface area contributed by atoms with Crippen molar-refractivity contribution in [3.63, 3.8) is 0 Å². The van der Waals surface area contributed by atoms with Crippen LogP contribution < -0.4 is 30.2 Å². The number of nitrogens with one attached hydrogen (secondary N) is 3. The number of carbonyl (C=O) groups is 1. The molecule has 0 aliphatic heterocycles. The number of aryl methyl sites for hydroxylation is 9. The van der Waals surface area contributed by atoms with Gasteiger partial charge in [0.05, 0.1) is 53.1 Å². The largest absolute Gasteiger partial charge is 0.436 e. The van der Waals surface area contributed by atoms with Crippen LogP contribution >= 0.6 is 0 Å². The number of rotatable bonds is 16. The highest BCUT2D eigenvalue weighted by Crippen LogP contribution is 2.40. The molecule has 8 aromatic heterocycles. The summed E-state index contributed by atoms with van der Waals surface area (Å²) in [6.45, 7) is 12.1. The molecular weight excluding hydrogens is 1340 g/mol. The van der Waals surface area contributed by atoms with Gasteiger partial charge < -0.3 is 48.8 Å². The first-order valence-electron chi connectivity index (χ1n) is 33.8. The molecule has 0 unspecified atom stereocenters. The molecule has 0 saturated carbocycles. The lowest BCUT2D eigenvalue weighted by Crippen LogP contribution is -2.21. The maximum absolute atomic E-state index is 12.2. The molecule has 0 aliphatic carbocycles. The zero-order valence-corrected chi connectivity index (χ0v) is 60.4. The molecule has 0 spiro atoms. The van der Waals surface area contributed by atoms with Crippen molar-refractivity contribution < 1.29 is 19.0 Å². The smallest absolute Gasteiger partial charge is 0.253 e. The average Bonchev–Trinajstić information content (AvgIpc) is 1.66. The maximum Gasteiger partial charge on any atom is 0.253 e. The van der Waals surface area contributed by atoms with Crippen molar-refractivity contribution in [1.82, 2.24) is 68.4 Å². The number of ether oxygens (including phenoxy) is 3. The van der Waals surface area contributed by atoms with E-state index < -0.39 is 0 Å². The van der Waals surface area contributed by atoms with Crippen molar-refractivity contribution in [2.45, 2.75) is 41.5 Å². The average molecular weight is 1410 g/mol. The summed E-state index contributed by atoms with van der Waals surface area (Å²) in [5.74, 6) is 4.51. The second kappa shape index (κ2) is 30.9. The fraction of sp³-hybridized carbons (Fsp3) is 0.133. The lowest BCUT2D eigenvalue weighted by atomic mass is 9.98. The molecule has 1 amide bonds. The van der Waals surface area contributed by atoms with Gasteiger partial charge in [-0.1, -0.05) is 12.1 Å². The Morgan fingerprint density at radius 3 is 1.22 bits per heavy atom. The molecule has 0 fully saturated rings. The van der Waals surface area contributed by atoms with Crippen molar-refractivity contribution >= 4 is 74.2 Å². The predicted octanol–water partition coefficient (Wildman–Crippen LogP) is 17.3. The SMILES string of the molecule is Cc1cc(-c2ccc(C(=O)N(C)C)cc2)cc(C)c1Oc1nc(Nc2ccc(C#N)cc2)nc2ccn(C)c12.Cc1cc(-c2ccncc2)cc(C)c1Oc1nc(Nc2ccc(C#N)cc2)nc2c1ncn2C.Cc1cc(-c2ccncc2)cc(C)c1Oc1nc(Nc2ccc(C#N)cc2)nc2ncn(C)c12. The van der Waals surface area contributed by atoms with Crippen molar-refractivity contribution in [1.29, 1.82) is 15.8 Å². The molecule has 0 radical (unpaired) electrons. The molecule has 107 heavy (non-hydrogen) atoms. The van der Waals surface area contributed by atoms with Crippen LogP contribution in [0, 0.1) is 75.5 Å².